The summed E-state index contributed by atoms with van der Waals surface area (Å²) >= 11 is 0. The molecule has 0 fully saturated rings. The van der Waals surface area contributed by atoms with Gasteiger partial charge in [-0.05, 0) is 29.2 Å². The van der Waals surface area contributed by atoms with Crippen LogP contribution in [0.15, 0.2) is 66.7 Å². The first-order chi connectivity index (χ1) is 15.3. The first-order valence-corrected chi connectivity index (χ1v) is 10.6. The van der Waals surface area contributed by atoms with E-state index in [1.807, 2.05) is 56.3 Å². The molecule has 0 saturated carbocycles. The highest BCUT2D eigenvalue weighted by Crippen LogP contribution is 2.59. The Morgan fingerprint density at radius 1 is 1.06 bits per heavy atom. The Morgan fingerprint density at radius 2 is 1.81 bits per heavy atom. The molecule has 1 amide bonds. The third-order valence-corrected chi connectivity index (χ3v) is 6.41. The minimum atomic E-state index is -2.10. The minimum absolute atomic E-state index is 0.0528. The molecule has 4 N–H and O–H groups in total. The lowest BCUT2D eigenvalue weighted by molar-refractivity contribution is -0.175. The topological polar surface area (TPSA) is 102 Å². The largest absolute Gasteiger partial charge is 0.454 e. The van der Waals surface area contributed by atoms with Crippen LogP contribution in [0.2, 0.25) is 0 Å². The van der Waals surface area contributed by atoms with Gasteiger partial charge in [-0.1, -0.05) is 68.4 Å². The van der Waals surface area contributed by atoms with Crippen molar-refractivity contribution in [3.8, 4) is 5.75 Å². The van der Waals surface area contributed by atoms with E-state index in [-0.39, 0.29) is 29.2 Å². The number of fused-ring (bicyclic) bond motifs is 5. The van der Waals surface area contributed by atoms with Gasteiger partial charge < -0.3 is 20.9 Å². The number of Topliss-reactive ketones (excluding diaryl/α,β-unsaturated/α-hetero) is 1. The summed E-state index contributed by atoms with van der Waals surface area (Å²) in [5, 5.41) is 14.7. The van der Waals surface area contributed by atoms with Gasteiger partial charge in [0.15, 0.2) is 0 Å². The first-order valence-electron chi connectivity index (χ1n) is 10.6. The van der Waals surface area contributed by atoms with Crippen molar-refractivity contribution < 1.29 is 19.4 Å². The van der Waals surface area contributed by atoms with Crippen molar-refractivity contribution in [2.24, 2.45) is 0 Å². The average Bonchev–Trinajstić information content (AvgIpc) is 3.12. The Bertz CT molecular complexity index is 1250. The summed E-state index contributed by atoms with van der Waals surface area (Å²) in [5.41, 5.74) is 7.18. The summed E-state index contributed by atoms with van der Waals surface area (Å²) in [5.74, 6) is -2.38. The van der Waals surface area contributed by atoms with Crippen LogP contribution >= 0.6 is 0 Å². The lowest BCUT2D eigenvalue weighted by Crippen LogP contribution is -2.60. The maximum Gasteiger partial charge on any atom is 0.271 e. The number of hydrogen-bond donors (Lipinski definition) is 3. The number of benzene rings is 3. The Kier molecular flexibility index (Phi) is 4.39. The number of rotatable bonds is 4. The summed E-state index contributed by atoms with van der Waals surface area (Å²) in [6, 6.07) is 19.6. The van der Waals surface area contributed by atoms with Gasteiger partial charge in [-0.25, -0.2) is 0 Å². The number of carbonyl (C=O) groups excluding carboxylic acids is 2. The average molecular weight is 428 g/mol. The molecule has 5 rings (SSSR count). The zero-order valence-corrected chi connectivity index (χ0v) is 17.9. The second-order valence-corrected chi connectivity index (χ2v) is 8.72. The fourth-order valence-electron chi connectivity index (χ4n) is 4.78. The second-order valence-electron chi connectivity index (χ2n) is 8.72. The standard InChI is InChI=1S/C26H24N2O4/c1-15(2)17-11-12-18-21(14-17)32-26(31)19-9-6-10-20(27)23(19)24(30)25(18,26)28-22(29)13-16-7-4-3-5-8-16/h3-12,14-15,31H,13,27H2,1-2H3,(H,28,29). The lowest BCUT2D eigenvalue weighted by Gasteiger charge is -2.34. The zero-order chi connectivity index (χ0) is 22.7. The highest BCUT2D eigenvalue weighted by Gasteiger charge is 2.72. The number of nitrogen functional groups attached to an aromatic ring is 1. The summed E-state index contributed by atoms with van der Waals surface area (Å²) in [6.07, 6.45) is 0.0528. The fourth-order valence-corrected chi connectivity index (χ4v) is 4.78. The molecule has 3 aromatic carbocycles. The number of nitrogens with two attached hydrogens (primary N) is 1. The van der Waals surface area contributed by atoms with Crippen LogP contribution in [-0.4, -0.2) is 16.8 Å². The molecule has 3 aromatic rings. The van der Waals surface area contributed by atoms with E-state index in [0.29, 0.717) is 11.3 Å². The minimum Gasteiger partial charge on any atom is -0.454 e. The van der Waals surface area contributed by atoms with Gasteiger partial charge in [0, 0.05) is 16.8 Å². The molecular weight excluding hydrogens is 404 g/mol. The number of anilines is 1. The van der Waals surface area contributed by atoms with E-state index < -0.39 is 23.0 Å². The summed E-state index contributed by atoms with van der Waals surface area (Å²) in [4.78, 5) is 27.0. The van der Waals surface area contributed by atoms with Crippen molar-refractivity contribution in [3.05, 3.63) is 94.5 Å². The molecule has 0 spiro atoms. The van der Waals surface area contributed by atoms with Crippen LogP contribution in [0.5, 0.6) is 5.75 Å². The normalized spacial score (nSPS) is 22.8. The smallest absolute Gasteiger partial charge is 0.271 e. The van der Waals surface area contributed by atoms with E-state index >= 15 is 0 Å². The number of amides is 1. The number of carbonyl (C=O) groups is 2. The van der Waals surface area contributed by atoms with E-state index in [0.717, 1.165) is 11.1 Å². The molecule has 0 aromatic heterocycles. The highest BCUT2D eigenvalue weighted by atomic mass is 16.6. The maximum atomic E-state index is 13.9. The molecule has 2 atom stereocenters. The van der Waals surface area contributed by atoms with Crippen LogP contribution in [0.1, 0.15) is 52.4 Å². The number of nitrogens with one attached hydrogen (secondary N) is 1. The van der Waals surface area contributed by atoms with Gasteiger partial charge in [0.05, 0.1) is 12.0 Å². The van der Waals surface area contributed by atoms with Crippen LogP contribution in [0.25, 0.3) is 0 Å². The van der Waals surface area contributed by atoms with Crippen molar-refractivity contribution in [3.63, 3.8) is 0 Å². The van der Waals surface area contributed by atoms with Crippen molar-refractivity contribution in [1.29, 1.82) is 0 Å². The number of aliphatic hydroxyl groups is 1. The van der Waals surface area contributed by atoms with Crippen molar-refractivity contribution in [2.45, 2.75) is 37.5 Å². The molecule has 162 valence electrons. The summed E-state index contributed by atoms with van der Waals surface area (Å²) in [6.45, 7) is 4.09. The summed E-state index contributed by atoms with van der Waals surface area (Å²) in [7, 11) is 0. The van der Waals surface area contributed by atoms with Gasteiger partial charge >= 0.3 is 0 Å². The number of ether oxygens (including phenoxy) is 1. The molecule has 0 saturated heterocycles. The van der Waals surface area contributed by atoms with Crippen LogP contribution < -0.4 is 15.8 Å². The van der Waals surface area contributed by atoms with E-state index in [2.05, 4.69) is 5.32 Å². The van der Waals surface area contributed by atoms with Crippen molar-refractivity contribution in [2.75, 3.05) is 5.73 Å². The van der Waals surface area contributed by atoms with E-state index in [1.54, 1.807) is 24.3 Å². The van der Waals surface area contributed by atoms with Crippen molar-refractivity contribution >= 4 is 17.4 Å². The fraction of sp³-hybridized carbons (Fsp3) is 0.231. The number of hydrogen-bond acceptors (Lipinski definition) is 5. The predicted molar refractivity (Wildman–Crippen MR) is 120 cm³/mol. The Balaban J connectivity index is 1.66. The van der Waals surface area contributed by atoms with Crippen LogP contribution in [0.4, 0.5) is 5.69 Å². The molecule has 2 unspecified atom stereocenters. The molecule has 0 bridgehead atoms. The van der Waals surface area contributed by atoms with E-state index in [1.165, 1.54) is 0 Å². The van der Waals surface area contributed by atoms with Gasteiger partial charge in [-0.3, -0.25) is 9.59 Å². The van der Waals surface area contributed by atoms with E-state index in [9.17, 15) is 14.7 Å². The quantitative estimate of drug-likeness (QED) is 0.553. The molecule has 1 aliphatic heterocycles. The molecule has 1 aliphatic carbocycles. The zero-order valence-electron chi connectivity index (χ0n) is 17.9. The lowest BCUT2D eigenvalue weighted by atomic mass is 9.82. The monoisotopic (exact) mass is 428 g/mol. The Morgan fingerprint density at radius 3 is 2.53 bits per heavy atom. The van der Waals surface area contributed by atoms with Gasteiger partial charge in [0.2, 0.25) is 17.2 Å². The van der Waals surface area contributed by atoms with Gasteiger partial charge in [-0.2, -0.15) is 0 Å². The highest BCUT2D eigenvalue weighted by molar-refractivity contribution is 6.15. The van der Waals surface area contributed by atoms with Crippen LogP contribution in [0, 0.1) is 0 Å². The second kappa shape index (κ2) is 6.93. The van der Waals surface area contributed by atoms with E-state index in [4.69, 9.17) is 10.5 Å². The molecule has 6 nitrogen and oxygen atoms in total. The predicted octanol–water partition coefficient (Wildman–Crippen LogP) is 3.38. The maximum absolute atomic E-state index is 13.9. The third kappa shape index (κ3) is 2.63. The third-order valence-electron chi connectivity index (χ3n) is 6.41. The number of ketones is 1. The Labute approximate surface area is 186 Å². The van der Waals surface area contributed by atoms with Crippen LogP contribution in [-0.2, 0) is 22.5 Å². The molecule has 1 heterocycles. The summed E-state index contributed by atoms with van der Waals surface area (Å²) < 4.78 is 6.08. The SMILES string of the molecule is CC(C)c1ccc2c(c1)OC1(O)c3cccc(N)c3C(=O)C21NC(=O)Cc1ccccc1. The molecular formula is C26H24N2O4. The van der Waals surface area contributed by atoms with Crippen LogP contribution in [0.3, 0.4) is 0 Å². The first kappa shape index (κ1) is 20.3. The van der Waals surface area contributed by atoms with Crippen molar-refractivity contribution in [1.82, 2.24) is 5.32 Å². The van der Waals surface area contributed by atoms with Gasteiger partial charge in [-0.15, -0.1) is 0 Å². The Hall–Kier alpha value is -3.64. The van der Waals surface area contributed by atoms with Gasteiger partial charge in [0.25, 0.3) is 5.79 Å². The molecule has 32 heavy (non-hydrogen) atoms. The molecule has 0 radical (unpaired) electrons. The van der Waals surface area contributed by atoms with Gasteiger partial charge in [0.1, 0.15) is 5.75 Å². The molecule has 6 heteroatoms. The molecule has 2 aliphatic rings.